The first-order valence-corrected chi connectivity index (χ1v) is 25.8. The number of rotatable bonds is 6. The second-order valence-electron chi connectivity index (χ2n) is 19.5. The number of nitrogens with one attached hydrogen (secondary N) is 4. The van der Waals surface area contributed by atoms with Crippen molar-refractivity contribution in [2.24, 2.45) is 17.8 Å². The number of amides is 8. The molecular formula is C51H64N12O12S. The van der Waals surface area contributed by atoms with Gasteiger partial charge in [0.15, 0.2) is 0 Å². The number of ether oxygens (including phenoxy) is 2. The van der Waals surface area contributed by atoms with Gasteiger partial charge in [0.2, 0.25) is 35.4 Å². The lowest BCUT2D eigenvalue weighted by molar-refractivity contribution is -0.159. The second-order valence-corrected chi connectivity index (χ2v) is 20.5. The van der Waals surface area contributed by atoms with Crippen molar-refractivity contribution in [2.45, 2.75) is 83.8 Å². The molecule has 0 unspecified atom stereocenters. The van der Waals surface area contributed by atoms with Gasteiger partial charge >= 0.3 is 11.9 Å². The minimum atomic E-state index is -1.63. The van der Waals surface area contributed by atoms with Gasteiger partial charge in [-0.3, -0.25) is 48.3 Å². The highest BCUT2D eigenvalue weighted by molar-refractivity contribution is 7.99. The van der Waals surface area contributed by atoms with Crippen LogP contribution in [0.15, 0.2) is 60.9 Å². The molecule has 0 radical (unpaired) electrons. The number of para-hydroxylation sites is 4. The van der Waals surface area contributed by atoms with Gasteiger partial charge in [0, 0.05) is 46.2 Å². The van der Waals surface area contributed by atoms with E-state index >= 15 is 0 Å². The molecule has 25 heteroatoms. The number of carbonyl (C=O) groups excluding carboxylic acids is 10. The van der Waals surface area contributed by atoms with Crippen molar-refractivity contribution < 1.29 is 57.4 Å². The van der Waals surface area contributed by atoms with Crippen molar-refractivity contribution >= 4 is 93.0 Å². The smallest absolute Gasteiger partial charge is 0.329 e. The van der Waals surface area contributed by atoms with Crippen molar-refractivity contribution in [3.63, 3.8) is 0 Å². The lowest BCUT2D eigenvalue weighted by Crippen LogP contribution is -2.59. The van der Waals surface area contributed by atoms with Crippen LogP contribution in [0.25, 0.3) is 22.1 Å². The number of aromatic nitrogens is 4. The number of likely N-dealkylation sites (N-methyl/N-ethyl adjacent to an activating group) is 4. The number of benzene rings is 2. The van der Waals surface area contributed by atoms with Gasteiger partial charge < -0.3 is 50.3 Å². The van der Waals surface area contributed by atoms with Crippen molar-refractivity contribution in [1.29, 1.82) is 0 Å². The second kappa shape index (κ2) is 25.1. The monoisotopic (exact) mass is 1070 g/mol. The van der Waals surface area contributed by atoms with Crippen LogP contribution in [-0.4, -0.2) is 200 Å². The van der Waals surface area contributed by atoms with E-state index in [9.17, 15) is 47.9 Å². The number of nitrogens with zero attached hydrogens (tertiary/aromatic N) is 8. The van der Waals surface area contributed by atoms with Crippen LogP contribution in [0.2, 0.25) is 0 Å². The van der Waals surface area contributed by atoms with Crippen LogP contribution in [0.5, 0.6) is 0 Å². The molecule has 2 aromatic heterocycles. The van der Waals surface area contributed by atoms with Gasteiger partial charge in [-0.1, -0.05) is 52.0 Å². The zero-order valence-electron chi connectivity index (χ0n) is 44.0. The molecule has 76 heavy (non-hydrogen) atoms. The number of hydrogen-bond acceptors (Lipinski definition) is 17. The molecule has 2 aromatic carbocycles. The van der Waals surface area contributed by atoms with Crippen molar-refractivity contribution in [3.05, 3.63) is 72.3 Å². The molecule has 0 spiro atoms. The van der Waals surface area contributed by atoms with Crippen LogP contribution >= 0.6 is 11.8 Å². The number of carbonyl (C=O) groups is 10. The zero-order valence-corrected chi connectivity index (χ0v) is 44.8. The maximum atomic E-state index is 14.9. The minimum absolute atomic E-state index is 0.0869. The third kappa shape index (κ3) is 13.5. The summed E-state index contributed by atoms with van der Waals surface area (Å²) in [5.74, 6) is -11.0. The molecule has 4 N–H and O–H groups in total. The Morgan fingerprint density at radius 3 is 1.46 bits per heavy atom. The summed E-state index contributed by atoms with van der Waals surface area (Å²) in [4.78, 5) is 164. The van der Waals surface area contributed by atoms with Crippen LogP contribution < -0.4 is 21.3 Å². The van der Waals surface area contributed by atoms with Gasteiger partial charge in [0.05, 0.1) is 40.4 Å². The topological polar surface area (TPSA) is 302 Å². The molecule has 2 aliphatic rings. The van der Waals surface area contributed by atoms with Crippen LogP contribution in [0.4, 0.5) is 0 Å². The Bertz CT molecular complexity index is 2890. The summed E-state index contributed by atoms with van der Waals surface area (Å²) < 4.78 is 11.4. The molecule has 8 amide bonds. The van der Waals surface area contributed by atoms with Gasteiger partial charge in [-0.25, -0.2) is 19.6 Å². The molecule has 0 aliphatic carbocycles. The Morgan fingerprint density at radius 1 is 0.592 bits per heavy atom. The average Bonchev–Trinajstić information content (AvgIpc) is 3.39. The molecule has 24 nitrogen and oxygen atoms in total. The summed E-state index contributed by atoms with van der Waals surface area (Å²) in [7, 11) is 5.45. The largest absolute Gasteiger partial charge is 0.461 e. The summed E-state index contributed by atoms with van der Waals surface area (Å²) in [6.45, 7) is 7.56. The van der Waals surface area contributed by atoms with E-state index in [4.69, 9.17) is 9.47 Å². The van der Waals surface area contributed by atoms with E-state index in [1.54, 1.807) is 76.2 Å². The normalized spacial score (nSPS) is 24.7. The number of esters is 2. The molecule has 8 atom stereocenters. The molecule has 2 bridgehead atoms. The number of cyclic esters (lactones) is 2. The third-order valence-electron chi connectivity index (χ3n) is 13.0. The lowest BCUT2D eigenvalue weighted by atomic mass is 10.0. The highest BCUT2D eigenvalue weighted by atomic mass is 32.2. The number of thioether (sulfide) groups is 1. The summed E-state index contributed by atoms with van der Waals surface area (Å²) >= 11 is 1.08. The Hall–Kier alpha value is -7.83. The molecule has 6 rings (SSSR count). The first-order valence-electron chi connectivity index (χ1n) is 24.6. The zero-order chi connectivity index (χ0) is 55.7. The van der Waals surface area contributed by atoms with Crippen molar-refractivity contribution in [1.82, 2.24) is 60.8 Å². The summed E-state index contributed by atoms with van der Waals surface area (Å²) in [5, 5.41) is 10.2. The lowest BCUT2D eigenvalue weighted by Gasteiger charge is -2.37. The average molecular weight is 1070 g/mol. The van der Waals surface area contributed by atoms with E-state index in [-0.39, 0.29) is 29.4 Å². The molecule has 4 aromatic rings. The molecule has 2 aliphatic heterocycles. The third-order valence-corrected chi connectivity index (χ3v) is 14.2. The summed E-state index contributed by atoms with van der Waals surface area (Å²) in [6, 6.07) is 3.65. The Labute approximate surface area is 443 Å². The minimum Gasteiger partial charge on any atom is -0.461 e. The summed E-state index contributed by atoms with van der Waals surface area (Å²) in [6.07, 6.45) is 2.42. The Morgan fingerprint density at radius 2 is 1.01 bits per heavy atom. The van der Waals surface area contributed by atoms with Gasteiger partial charge in [-0.2, -0.15) is 11.8 Å². The molecular weight excluding hydrogens is 1000 g/mol. The van der Waals surface area contributed by atoms with E-state index in [1.807, 2.05) is 0 Å². The maximum Gasteiger partial charge on any atom is 0.329 e. The van der Waals surface area contributed by atoms with Crippen LogP contribution in [0.3, 0.4) is 0 Å². The van der Waals surface area contributed by atoms with Crippen molar-refractivity contribution in [2.75, 3.05) is 59.5 Å². The van der Waals surface area contributed by atoms with Crippen molar-refractivity contribution in [3.8, 4) is 0 Å². The van der Waals surface area contributed by atoms with Gasteiger partial charge in [0.25, 0.3) is 11.8 Å². The van der Waals surface area contributed by atoms with Gasteiger partial charge in [0.1, 0.15) is 66.9 Å². The summed E-state index contributed by atoms with van der Waals surface area (Å²) in [5.41, 5.74) is 1.43. The fourth-order valence-electron chi connectivity index (χ4n) is 8.85. The molecule has 4 heterocycles. The van der Waals surface area contributed by atoms with Gasteiger partial charge in [-0.05, 0) is 49.9 Å². The first-order chi connectivity index (χ1) is 36.0. The quantitative estimate of drug-likeness (QED) is 0.188. The predicted octanol–water partition coefficient (Wildman–Crippen LogP) is 0.194. The van der Waals surface area contributed by atoms with E-state index < -0.39 is 132 Å². The molecule has 0 saturated carbocycles. The fraction of sp³-hybridized carbons (Fsp3) is 0.490. The highest BCUT2D eigenvalue weighted by Gasteiger charge is 2.42. The van der Waals surface area contributed by atoms with Gasteiger partial charge in [-0.15, -0.1) is 0 Å². The molecule has 2 fully saturated rings. The highest BCUT2D eigenvalue weighted by Crippen LogP contribution is 2.23. The van der Waals surface area contributed by atoms with E-state index in [0.717, 1.165) is 21.6 Å². The SMILES string of the molecule is CC(C)[C@H]1C(=O)OC[C@@H](NC(=O)c2cnc3ccccc3n2)C(=O)N[C@@H](C)C(=O)N(C)[C@H]2CSC[C@H](CN(C)C(=O)[C@H](C)NC(=O)[C@H](NC(=O)c3cnc4ccccc4n3)COC(=O)[C@H](C(C)C)N(C)C2=O)C(=O)N1C. The van der Waals surface area contributed by atoms with Crippen LogP contribution in [0.1, 0.15) is 62.5 Å². The fourth-order valence-corrected chi connectivity index (χ4v) is 10.1. The Kier molecular flexibility index (Phi) is 19.0. The molecule has 2 saturated heterocycles. The van der Waals surface area contributed by atoms with E-state index in [2.05, 4.69) is 41.2 Å². The van der Waals surface area contributed by atoms with Crippen LogP contribution in [-0.2, 0) is 47.8 Å². The first kappa shape index (κ1) is 57.4. The molecule has 406 valence electrons. The Balaban J connectivity index is 1.38. The van der Waals surface area contributed by atoms with E-state index in [0.29, 0.717) is 22.1 Å². The van der Waals surface area contributed by atoms with Crippen LogP contribution in [0, 0.1) is 17.8 Å². The van der Waals surface area contributed by atoms with E-state index in [1.165, 1.54) is 64.2 Å². The number of fused-ring (bicyclic) bond motifs is 6. The standard InChI is InChI=1S/C51H64N12O12S/c1-26(2)40-50(72)74-23-38(59-43(65)36-20-53-32-16-12-14-18-34(32)57-36)45(67)55-29(6)47(69)61(8)39-25-76-24-30(48(70)62(40)9)21-60(7)46(68)28(5)54-44(66)37(22-75-51(73)41(27(3)4)63(10)49(39)71)58-42(64)35-19-52-31-15-11-13-17-33(31)56-35/h11-20,26-30,37-41H,21-25H2,1-10H3,(H,54,66)(H,55,67)(H,58,64)(H,59,65)/t28-,29-,30-,37+,38+,39-,40-,41-/m0/s1. The predicted molar refractivity (Wildman–Crippen MR) is 277 cm³/mol. The maximum absolute atomic E-state index is 14.9. The number of hydrogen-bond donors (Lipinski definition) is 4.